The van der Waals surface area contributed by atoms with Crippen LogP contribution in [0.1, 0.15) is 49.8 Å². The number of amidine groups is 1. The highest BCUT2D eigenvalue weighted by Crippen LogP contribution is 2.40. The van der Waals surface area contributed by atoms with Crippen LogP contribution in [0.2, 0.25) is 5.02 Å². The highest BCUT2D eigenvalue weighted by Gasteiger charge is 2.32. The smallest absolute Gasteiger partial charge is 0.310 e. The SMILES string of the molecule is CC(C)(CN1CCN(C2=Nc3cc(Cl)ccc3Nc3cc(-c4cccc(C(=C5CCN(CCC(=O)O)CC5)c5ccccc5)c4)ccc32)CC1)C(=O)O. The van der Waals surface area contributed by atoms with Gasteiger partial charge in [0.15, 0.2) is 0 Å². The molecule has 0 radical (unpaired) electrons. The fourth-order valence-corrected chi connectivity index (χ4v) is 7.78. The summed E-state index contributed by atoms with van der Waals surface area (Å²) in [5, 5.41) is 23.2. The summed E-state index contributed by atoms with van der Waals surface area (Å²) < 4.78 is 0. The van der Waals surface area contributed by atoms with Gasteiger partial charge in [-0.3, -0.25) is 14.5 Å². The molecule has 4 aromatic rings. The number of piperazine rings is 1. The van der Waals surface area contributed by atoms with Gasteiger partial charge in [-0.1, -0.05) is 71.8 Å². The molecule has 0 bridgehead atoms. The van der Waals surface area contributed by atoms with Crippen LogP contribution in [0, 0.1) is 5.41 Å². The van der Waals surface area contributed by atoms with E-state index in [0.29, 0.717) is 18.1 Å². The second-order valence-electron chi connectivity index (χ2n) is 14.8. The van der Waals surface area contributed by atoms with Gasteiger partial charge in [-0.05, 0) is 90.9 Å². The first-order valence-electron chi connectivity index (χ1n) is 18.4. The van der Waals surface area contributed by atoms with Crippen LogP contribution in [0.4, 0.5) is 17.1 Å². The molecule has 3 aliphatic heterocycles. The van der Waals surface area contributed by atoms with Gasteiger partial charge in [0.2, 0.25) is 0 Å². The highest BCUT2D eigenvalue weighted by atomic mass is 35.5. The molecular weight excluding hydrogens is 686 g/mol. The maximum Gasteiger partial charge on any atom is 0.310 e. The van der Waals surface area contributed by atoms with Crippen molar-refractivity contribution in [3.8, 4) is 11.1 Å². The Morgan fingerprint density at radius 1 is 0.774 bits per heavy atom. The zero-order valence-electron chi connectivity index (χ0n) is 30.3. The van der Waals surface area contributed by atoms with Crippen molar-refractivity contribution in [3.05, 3.63) is 118 Å². The van der Waals surface area contributed by atoms with Crippen LogP contribution >= 0.6 is 11.6 Å². The number of carbonyl (C=O) groups is 2. The van der Waals surface area contributed by atoms with Gasteiger partial charge < -0.3 is 25.3 Å². The molecule has 10 heteroatoms. The predicted molar refractivity (Wildman–Crippen MR) is 213 cm³/mol. The summed E-state index contributed by atoms with van der Waals surface area (Å²) in [6.07, 6.45) is 1.96. The van der Waals surface area contributed by atoms with E-state index in [1.165, 1.54) is 16.7 Å². The lowest BCUT2D eigenvalue weighted by atomic mass is 9.87. The van der Waals surface area contributed by atoms with E-state index >= 15 is 0 Å². The maximum atomic E-state index is 11.8. The molecule has 274 valence electrons. The molecule has 9 nitrogen and oxygen atoms in total. The lowest BCUT2D eigenvalue weighted by molar-refractivity contribution is -0.148. The second-order valence-corrected chi connectivity index (χ2v) is 15.3. The van der Waals surface area contributed by atoms with E-state index in [-0.39, 0.29) is 6.42 Å². The van der Waals surface area contributed by atoms with Gasteiger partial charge >= 0.3 is 11.9 Å². The largest absolute Gasteiger partial charge is 0.481 e. The van der Waals surface area contributed by atoms with Crippen molar-refractivity contribution in [2.45, 2.75) is 33.1 Å². The third-order valence-corrected chi connectivity index (χ3v) is 10.8. The van der Waals surface area contributed by atoms with Gasteiger partial charge in [-0.2, -0.15) is 0 Å². The fraction of sp³-hybridized carbons (Fsp3) is 0.326. The minimum absolute atomic E-state index is 0.165. The van der Waals surface area contributed by atoms with Crippen LogP contribution in [0.25, 0.3) is 16.7 Å². The summed E-state index contributed by atoms with van der Waals surface area (Å²) in [6.45, 7) is 9.26. The zero-order valence-corrected chi connectivity index (χ0v) is 31.1. The molecule has 3 heterocycles. The van der Waals surface area contributed by atoms with E-state index in [2.05, 4.69) is 86.7 Å². The molecule has 7 rings (SSSR count). The number of nitrogens with zero attached hydrogens (tertiary/aromatic N) is 4. The number of carboxylic acid groups (broad SMARTS) is 2. The van der Waals surface area contributed by atoms with Crippen molar-refractivity contribution in [2.75, 3.05) is 57.7 Å². The third kappa shape index (κ3) is 8.33. The summed E-state index contributed by atoms with van der Waals surface area (Å²) >= 11 is 6.47. The Balaban J connectivity index is 1.20. The number of anilines is 2. The van der Waals surface area contributed by atoms with Crippen LogP contribution in [0.3, 0.4) is 0 Å². The number of aliphatic imine (C=N–C) groups is 1. The van der Waals surface area contributed by atoms with Crippen molar-refractivity contribution in [1.82, 2.24) is 14.7 Å². The number of likely N-dealkylation sites (tertiary alicyclic amines) is 1. The minimum atomic E-state index is -0.818. The summed E-state index contributed by atoms with van der Waals surface area (Å²) in [5.74, 6) is -0.668. The van der Waals surface area contributed by atoms with E-state index in [9.17, 15) is 19.8 Å². The van der Waals surface area contributed by atoms with Crippen molar-refractivity contribution in [3.63, 3.8) is 0 Å². The van der Waals surface area contributed by atoms with Gasteiger partial charge in [0.05, 0.1) is 28.9 Å². The van der Waals surface area contributed by atoms with E-state index in [1.54, 1.807) is 13.8 Å². The maximum absolute atomic E-state index is 11.8. The Hall–Kier alpha value is -4.96. The molecule has 3 aliphatic rings. The Labute approximate surface area is 316 Å². The van der Waals surface area contributed by atoms with Crippen LogP contribution < -0.4 is 5.32 Å². The van der Waals surface area contributed by atoms with E-state index in [1.807, 2.05) is 24.3 Å². The molecule has 0 amide bonds. The zero-order chi connectivity index (χ0) is 37.1. The quantitative estimate of drug-likeness (QED) is 0.158. The first-order chi connectivity index (χ1) is 25.5. The normalized spacial score (nSPS) is 16.5. The molecular formula is C43H46ClN5O4. The minimum Gasteiger partial charge on any atom is -0.481 e. The first-order valence-corrected chi connectivity index (χ1v) is 18.7. The molecule has 0 unspecified atom stereocenters. The topological polar surface area (TPSA) is 109 Å². The molecule has 2 fully saturated rings. The lowest BCUT2D eigenvalue weighted by Gasteiger charge is -2.39. The average Bonchev–Trinajstić information content (AvgIpc) is 3.31. The molecule has 53 heavy (non-hydrogen) atoms. The number of nitrogens with one attached hydrogen (secondary N) is 1. The number of aliphatic carboxylic acids is 2. The van der Waals surface area contributed by atoms with Crippen molar-refractivity contribution < 1.29 is 19.8 Å². The molecule has 0 saturated carbocycles. The highest BCUT2D eigenvalue weighted by molar-refractivity contribution is 6.31. The third-order valence-electron chi connectivity index (χ3n) is 10.6. The molecule has 0 aliphatic carbocycles. The fourth-order valence-electron chi connectivity index (χ4n) is 7.61. The van der Waals surface area contributed by atoms with E-state index < -0.39 is 17.4 Å². The summed E-state index contributed by atoms with van der Waals surface area (Å²) in [4.78, 5) is 34.9. The van der Waals surface area contributed by atoms with Gasteiger partial charge in [-0.15, -0.1) is 0 Å². The van der Waals surface area contributed by atoms with Gasteiger partial charge in [0.1, 0.15) is 5.84 Å². The van der Waals surface area contributed by atoms with E-state index in [0.717, 1.165) is 97.3 Å². The van der Waals surface area contributed by atoms with Gasteiger partial charge in [-0.25, -0.2) is 4.99 Å². The summed E-state index contributed by atoms with van der Waals surface area (Å²) in [5.41, 5.74) is 9.97. The van der Waals surface area contributed by atoms with Crippen molar-refractivity contribution >= 4 is 52.0 Å². The summed E-state index contributed by atoms with van der Waals surface area (Å²) in [7, 11) is 0. The Bertz CT molecular complexity index is 2060. The number of benzene rings is 4. The van der Waals surface area contributed by atoms with Crippen LogP contribution in [0.5, 0.6) is 0 Å². The number of hydrogen-bond acceptors (Lipinski definition) is 7. The number of fused-ring (bicyclic) bond motifs is 2. The van der Waals surface area contributed by atoms with Crippen molar-refractivity contribution in [1.29, 1.82) is 0 Å². The number of hydrogen-bond donors (Lipinski definition) is 3. The van der Waals surface area contributed by atoms with Crippen LogP contribution in [-0.4, -0.2) is 95.0 Å². The second kappa shape index (κ2) is 15.6. The number of rotatable bonds is 9. The van der Waals surface area contributed by atoms with Crippen molar-refractivity contribution in [2.24, 2.45) is 10.4 Å². The van der Waals surface area contributed by atoms with E-state index in [4.69, 9.17) is 16.6 Å². The Kier molecular flexibility index (Phi) is 10.7. The summed E-state index contributed by atoms with van der Waals surface area (Å²) in [6, 6.07) is 31.6. The molecule has 0 aromatic heterocycles. The van der Waals surface area contributed by atoms with Crippen LogP contribution in [-0.2, 0) is 9.59 Å². The first kappa shape index (κ1) is 36.4. The number of piperidine rings is 1. The Morgan fingerprint density at radius 2 is 1.49 bits per heavy atom. The Morgan fingerprint density at radius 3 is 2.21 bits per heavy atom. The average molecular weight is 732 g/mol. The molecule has 2 saturated heterocycles. The van der Waals surface area contributed by atoms with Gasteiger partial charge in [0, 0.05) is 62.9 Å². The number of carboxylic acids is 2. The monoisotopic (exact) mass is 731 g/mol. The van der Waals surface area contributed by atoms with Gasteiger partial charge in [0.25, 0.3) is 0 Å². The molecule has 3 N–H and O–H groups in total. The predicted octanol–water partition coefficient (Wildman–Crippen LogP) is 8.24. The number of halogens is 1. The lowest BCUT2D eigenvalue weighted by Crippen LogP contribution is -2.52. The van der Waals surface area contributed by atoms with Crippen LogP contribution in [0.15, 0.2) is 102 Å². The standard InChI is InChI=1S/C43H46ClN5O4/c1-43(2,42(52)53)28-48-21-23-49(24-22-48)41-35-13-11-32(26-37(35)45-36-14-12-34(44)27-38(36)46-41)31-9-6-10-33(25-31)40(29-7-4-3-5-8-29)30-15-18-47(19-16-30)20-17-39(50)51/h3-14,25-27,45H,15-24,28H2,1-2H3,(H,50,51)(H,52,53). The molecule has 4 aromatic carbocycles. The molecule has 0 atom stereocenters. The molecule has 0 spiro atoms.